The van der Waals surface area contributed by atoms with Gasteiger partial charge in [-0.3, -0.25) is 0 Å². The summed E-state index contributed by atoms with van der Waals surface area (Å²) in [4.78, 5) is 19.3. The predicted molar refractivity (Wildman–Crippen MR) is 106 cm³/mol. The van der Waals surface area contributed by atoms with Crippen molar-refractivity contribution in [2.75, 3.05) is 18.8 Å². The quantitative estimate of drug-likeness (QED) is 0.673. The highest BCUT2D eigenvalue weighted by Gasteiger charge is 2.28. The molecule has 0 saturated heterocycles. The monoisotopic (exact) mass is 380 g/mol. The van der Waals surface area contributed by atoms with Gasteiger partial charge in [0.1, 0.15) is 0 Å². The van der Waals surface area contributed by atoms with Crippen molar-refractivity contribution in [2.45, 2.75) is 76.8 Å². The molecule has 0 aromatic carbocycles. The molecule has 0 bridgehead atoms. The van der Waals surface area contributed by atoms with E-state index in [1.807, 2.05) is 0 Å². The molecule has 1 saturated carbocycles. The van der Waals surface area contributed by atoms with Gasteiger partial charge in [0.15, 0.2) is 5.13 Å². The molecule has 1 fully saturated rings. The Labute approximate surface area is 160 Å². The Morgan fingerprint density at radius 1 is 1.31 bits per heavy atom. The Balaban J connectivity index is 1.48. The van der Waals surface area contributed by atoms with Gasteiger partial charge in [-0.15, -0.1) is 11.3 Å². The van der Waals surface area contributed by atoms with Crippen LogP contribution in [0.25, 0.3) is 0 Å². The minimum absolute atomic E-state index is 0.157. The van der Waals surface area contributed by atoms with Crippen LogP contribution in [0, 0.1) is 5.92 Å². The maximum absolute atomic E-state index is 10.8. The van der Waals surface area contributed by atoms with Gasteiger partial charge in [-0.25, -0.2) is 9.78 Å². The van der Waals surface area contributed by atoms with E-state index in [4.69, 9.17) is 10.8 Å². The van der Waals surface area contributed by atoms with E-state index in [-0.39, 0.29) is 6.04 Å². The zero-order chi connectivity index (χ0) is 18.5. The van der Waals surface area contributed by atoms with Gasteiger partial charge in [0, 0.05) is 17.0 Å². The van der Waals surface area contributed by atoms with Gasteiger partial charge in [0.05, 0.1) is 5.69 Å². The minimum atomic E-state index is -0.886. The fourth-order valence-electron chi connectivity index (χ4n) is 4.57. The first-order chi connectivity index (χ1) is 12.5. The third kappa shape index (κ3) is 5.10. The molecule has 1 aromatic rings. The molecule has 0 unspecified atom stereocenters. The van der Waals surface area contributed by atoms with E-state index in [2.05, 4.69) is 22.1 Å². The summed E-state index contributed by atoms with van der Waals surface area (Å²) >= 11 is 1.67. The van der Waals surface area contributed by atoms with Crippen LogP contribution in [0.3, 0.4) is 0 Å². The van der Waals surface area contributed by atoms with Crippen LogP contribution in [0.4, 0.5) is 9.93 Å². The van der Waals surface area contributed by atoms with Crippen molar-refractivity contribution in [3.63, 3.8) is 0 Å². The molecule has 1 atom stereocenters. The molecule has 0 aliphatic heterocycles. The Hall–Kier alpha value is -1.34. The molecular weight excluding hydrogens is 348 g/mol. The molecule has 146 valence electrons. The summed E-state index contributed by atoms with van der Waals surface area (Å²) in [6.45, 7) is 4.57. The Bertz CT molecular complexity index is 598. The first-order valence-electron chi connectivity index (χ1n) is 10.0. The van der Waals surface area contributed by atoms with Gasteiger partial charge in [0.2, 0.25) is 0 Å². The van der Waals surface area contributed by atoms with Crippen molar-refractivity contribution >= 4 is 22.6 Å². The topological polar surface area (TPSA) is 91.5 Å². The number of nitrogen functional groups attached to an aromatic ring is 1. The highest BCUT2D eigenvalue weighted by molar-refractivity contribution is 7.15. The number of nitrogens with one attached hydrogen (secondary N) is 1. The van der Waals surface area contributed by atoms with Crippen LogP contribution in [0.5, 0.6) is 0 Å². The number of aryl methyl sites for hydroxylation is 1. The first kappa shape index (κ1) is 19.4. The lowest BCUT2D eigenvalue weighted by atomic mass is 9.84. The average Bonchev–Trinajstić information content (AvgIpc) is 2.98. The SMILES string of the molecule is CCCN(CC[C@H]1CC[C@H](NC(=O)O)CC1)[C@H]1CCc2nc(N)sc2C1. The molecule has 2 aliphatic carbocycles. The van der Waals surface area contributed by atoms with Crippen LogP contribution in [0.1, 0.15) is 62.4 Å². The Morgan fingerprint density at radius 2 is 2.08 bits per heavy atom. The molecule has 4 N–H and O–H groups in total. The summed E-state index contributed by atoms with van der Waals surface area (Å²) in [5, 5.41) is 12.2. The zero-order valence-corrected chi connectivity index (χ0v) is 16.6. The third-order valence-electron chi connectivity index (χ3n) is 5.96. The average molecular weight is 381 g/mol. The van der Waals surface area contributed by atoms with Crippen LogP contribution in [0.2, 0.25) is 0 Å². The van der Waals surface area contributed by atoms with E-state index in [0.29, 0.717) is 11.2 Å². The van der Waals surface area contributed by atoms with Crippen LogP contribution in [0.15, 0.2) is 0 Å². The molecule has 2 aliphatic rings. The second-order valence-corrected chi connectivity index (χ2v) is 8.93. The molecule has 3 rings (SSSR count). The fraction of sp³-hybridized carbons (Fsp3) is 0.789. The molecular formula is C19H32N4O2S. The number of rotatable bonds is 7. The van der Waals surface area contributed by atoms with Crippen molar-refractivity contribution in [1.82, 2.24) is 15.2 Å². The molecule has 1 heterocycles. The van der Waals surface area contributed by atoms with E-state index in [1.165, 1.54) is 29.8 Å². The summed E-state index contributed by atoms with van der Waals surface area (Å²) < 4.78 is 0. The third-order valence-corrected chi connectivity index (χ3v) is 6.91. The lowest BCUT2D eigenvalue weighted by molar-refractivity contribution is 0.154. The Kier molecular flexibility index (Phi) is 6.75. The summed E-state index contributed by atoms with van der Waals surface area (Å²) in [5.41, 5.74) is 7.11. The van der Waals surface area contributed by atoms with Gasteiger partial charge < -0.3 is 21.1 Å². The number of nitrogens with two attached hydrogens (primary N) is 1. The lowest BCUT2D eigenvalue weighted by Crippen LogP contribution is -2.41. The fourth-order valence-corrected chi connectivity index (χ4v) is 5.52. The number of carboxylic acid groups (broad SMARTS) is 1. The van der Waals surface area contributed by atoms with Crippen LogP contribution >= 0.6 is 11.3 Å². The summed E-state index contributed by atoms with van der Waals surface area (Å²) in [5.74, 6) is 0.736. The normalized spacial score (nSPS) is 25.8. The molecule has 0 radical (unpaired) electrons. The summed E-state index contributed by atoms with van der Waals surface area (Å²) in [7, 11) is 0. The van der Waals surface area contributed by atoms with E-state index < -0.39 is 6.09 Å². The number of nitrogens with zero attached hydrogens (tertiary/aromatic N) is 2. The number of thiazole rings is 1. The highest BCUT2D eigenvalue weighted by Crippen LogP contribution is 2.32. The van der Waals surface area contributed by atoms with Gasteiger partial charge in [-0.05, 0) is 76.8 Å². The van der Waals surface area contributed by atoms with E-state index in [9.17, 15) is 4.79 Å². The van der Waals surface area contributed by atoms with Crippen LogP contribution in [-0.4, -0.2) is 46.3 Å². The standard InChI is InChI=1S/C19H32N4O2S/c1-2-10-23(15-7-8-16-17(12-15)26-18(20)22-16)11-9-13-3-5-14(6-4-13)21-19(24)25/h13-15,21H,2-12H2,1H3,(H2,20,22)(H,24,25)/t13-,14-,15-/m0/s1. The van der Waals surface area contributed by atoms with Crippen LogP contribution in [-0.2, 0) is 12.8 Å². The Morgan fingerprint density at radius 3 is 2.77 bits per heavy atom. The van der Waals surface area contributed by atoms with Gasteiger partial charge in [-0.2, -0.15) is 0 Å². The van der Waals surface area contributed by atoms with E-state index >= 15 is 0 Å². The molecule has 7 heteroatoms. The second kappa shape index (κ2) is 9.04. The largest absolute Gasteiger partial charge is 0.465 e. The number of carbonyl (C=O) groups is 1. The van der Waals surface area contributed by atoms with Gasteiger partial charge in [-0.1, -0.05) is 6.92 Å². The number of aromatic nitrogens is 1. The van der Waals surface area contributed by atoms with Crippen molar-refractivity contribution in [3.8, 4) is 0 Å². The minimum Gasteiger partial charge on any atom is -0.465 e. The number of fused-ring (bicyclic) bond motifs is 1. The predicted octanol–water partition coefficient (Wildman–Crippen LogP) is 3.51. The number of anilines is 1. The molecule has 26 heavy (non-hydrogen) atoms. The van der Waals surface area contributed by atoms with Crippen molar-refractivity contribution in [1.29, 1.82) is 0 Å². The maximum atomic E-state index is 10.8. The van der Waals surface area contributed by atoms with E-state index in [0.717, 1.165) is 57.5 Å². The number of hydrogen-bond donors (Lipinski definition) is 3. The lowest BCUT2D eigenvalue weighted by Gasteiger charge is -2.36. The van der Waals surface area contributed by atoms with Crippen molar-refractivity contribution in [3.05, 3.63) is 10.6 Å². The van der Waals surface area contributed by atoms with Gasteiger partial charge >= 0.3 is 6.09 Å². The van der Waals surface area contributed by atoms with Gasteiger partial charge in [0.25, 0.3) is 0 Å². The summed E-state index contributed by atoms with van der Waals surface area (Å²) in [6, 6.07) is 0.774. The first-order valence-corrected chi connectivity index (χ1v) is 10.8. The number of amides is 1. The zero-order valence-electron chi connectivity index (χ0n) is 15.7. The molecule has 0 spiro atoms. The summed E-state index contributed by atoms with van der Waals surface area (Å²) in [6.07, 6.45) is 9.12. The second-order valence-electron chi connectivity index (χ2n) is 7.81. The van der Waals surface area contributed by atoms with Crippen molar-refractivity contribution in [2.24, 2.45) is 5.92 Å². The molecule has 1 aromatic heterocycles. The number of hydrogen-bond acceptors (Lipinski definition) is 5. The molecule has 1 amide bonds. The maximum Gasteiger partial charge on any atom is 0.404 e. The van der Waals surface area contributed by atoms with Crippen LogP contribution < -0.4 is 11.1 Å². The molecule has 6 nitrogen and oxygen atoms in total. The smallest absolute Gasteiger partial charge is 0.404 e. The highest BCUT2D eigenvalue weighted by atomic mass is 32.1. The van der Waals surface area contributed by atoms with Crippen molar-refractivity contribution < 1.29 is 9.90 Å². The van der Waals surface area contributed by atoms with E-state index in [1.54, 1.807) is 11.3 Å².